The molecule has 1 aliphatic rings. The predicted octanol–water partition coefficient (Wildman–Crippen LogP) is 4.37. The first-order chi connectivity index (χ1) is 8.27. The maximum absolute atomic E-state index is 6.28. The van der Waals surface area contributed by atoms with Crippen LogP contribution in [0.4, 0.5) is 0 Å². The minimum absolute atomic E-state index is 0. The second-order valence-electron chi connectivity index (χ2n) is 4.38. The topological polar surface area (TPSA) is 12.0 Å². The Morgan fingerprint density at radius 3 is 2.83 bits per heavy atom. The van der Waals surface area contributed by atoms with Crippen molar-refractivity contribution in [3.8, 4) is 0 Å². The van der Waals surface area contributed by atoms with Crippen molar-refractivity contribution in [1.82, 2.24) is 5.32 Å². The van der Waals surface area contributed by atoms with Gasteiger partial charge in [0.25, 0.3) is 0 Å². The molecule has 0 radical (unpaired) electrons. The Morgan fingerprint density at radius 1 is 1.28 bits per heavy atom. The van der Waals surface area contributed by atoms with Gasteiger partial charge < -0.3 is 5.32 Å². The number of rotatable bonds is 1. The lowest BCUT2D eigenvalue weighted by Crippen LogP contribution is -2.30. The van der Waals surface area contributed by atoms with E-state index in [1.54, 1.807) is 11.3 Å². The van der Waals surface area contributed by atoms with Crippen molar-refractivity contribution in [2.24, 2.45) is 0 Å². The summed E-state index contributed by atoms with van der Waals surface area (Å²) in [4.78, 5) is 1.38. The van der Waals surface area contributed by atoms with Gasteiger partial charge in [0.2, 0.25) is 0 Å². The Balaban J connectivity index is 0.00000120. The molecule has 0 spiro atoms. The van der Waals surface area contributed by atoms with Gasteiger partial charge in [-0.3, -0.25) is 0 Å². The molecule has 0 fully saturated rings. The van der Waals surface area contributed by atoms with Crippen molar-refractivity contribution in [3.05, 3.63) is 56.2 Å². The maximum Gasteiger partial charge on any atom is 0.0590 e. The first kappa shape index (κ1) is 13.9. The zero-order chi connectivity index (χ0) is 11.8. The van der Waals surface area contributed by atoms with Crippen LogP contribution in [0.1, 0.15) is 27.6 Å². The Labute approximate surface area is 123 Å². The van der Waals surface area contributed by atoms with Crippen molar-refractivity contribution >= 4 is 35.3 Å². The second kappa shape index (κ2) is 5.62. The van der Waals surface area contributed by atoms with Crippen molar-refractivity contribution < 1.29 is 0 Å². The van der Waals surface area contributed by atoms with Gasteiger partial charge in [-0.15, -0.1) is 23.7 Å². The van der Waals surface area contributed by atoms with Crippen LogP contribution in [0, 0.1) is 6.92 Å². The lowest BCUT2D eigenvalue weighted by Gasteiger charge is -2.28. The van der Waals surface area contributed by atoms with Crippen LogP contribution in [0.3, 0.4) is 0 Å². The third kappa shape index (κ3) is 2.30. The molecule has 1 aromatic heterocycles. The van der Waals surface area contributed by atoms with E-state index in [1.165, 1.54) is 21.6 Å². The molecule has 0 bridgehead atoms. The number of hydrogen-bond donors (Lipinski definition) is 1. The molecule has 1 aliphatic heterocycles. The molecule has 0 aliphatic carbocycles. The highest BCUT2D eigenvalue weighted by Crippen LogP contribution is 2.35. The normalized spacial score (nSPS) is 18.0. The molecule has 1 nitrogen and oxygen atoms in total. The van der Waals surface area contributed by atoms with Gasteiger partial charge in [0, 0.05) is 16.4 Å². The van der Waals surface area contributed by atoms with E-state index < -0.39 is 0 Å². The molecule has 3 rings (SSSR count). The van der Waals surface area contributed by atoms with Crippen LogP contribution in [0.25, 0.3) is 0 Å². The third-order valence-electron chi connectivity index (χ3n) is 3.40. The van der Waals surface area contributed by atoms with Crippen LogP contribution < -0.4 is 5.32 Å². The summed E-state index contributed by atoms with van der Waals surface area (Å²) in [5, 5.41) is 6.66. The van der Waals surface area contributed by atoms with Gasteiger partial charge in [0.05, 0.1) is 6.04 Å². The molecule has 2 heterocycles. The summed E-state index contributed by atoms with van der Waals surface area (Å²) in [5.41, 5.74) is 4.03. The fourth-order valence-electron chi connectivity index (χ4n) is 2.53. The standard InChI is InChI=1S/C14H14ClNS.ClH/c1-9-10(6-8-17-9)14-12-3-2-4-13(15)11(12)5-7-16-14;/h2-4,6,8,14,16H,5,7H2,1H3;1H/t14-;/m0./s1. The van der Waals surface area contributed by atoms with Gasteiger partial charge in [-0.1, -0.05) is 23.7 Å². The van der Waals surface area contributed by atoms with Crippen molar-refractivity contribution in [2.75, 3.05) is 6.54 Å². The molecule has 18 heavy (non-hydrogen) atoms. The van der Waals surface area contributed by atoms with E-state index in [-0.39, 0.29) is 12.4 Å². The number of halogens is 2. The first-order valence-electron chi connectivity index (χ1n) is 5.82. The van der Waals surface area contributed by atoms with E-state index >= 15 is 0 Å². The largest absolute Gasteiger partial charge is 0.306 e. The van der Waals surface area contributed by atoms with E-state index in [2.05, 4.69) is 29.8 Å². The van der Waals surface area contributed by atoms with E-state index in [9.17, 15) is 0 Å². The number of aryl methyl sites for hydroxylation is 1. The smallest absolute Gasteiger partial charge is 0.0590 e. The van der Waals surface area contributed by atoms with E-state index in [1.807, 2.05) is 12.1 Å². The number of nitrogens with one attached hydrogen (secondary N) is 1. The van der Waals surface area contributed by atoms with Gasteiger partial charge >= 0.3 is 0 Å². The van der Waals surface area contributed by atoms with Crippen LogP contribution in [-0.2, 0) is 6.42 Å². The summed E-state index contributed by atoms with van der Waals surface area (Å²) in [5.74, 6) is 0. The molecule has 0 saturated heterocycles. The number of hydrogen-bond acceptors (Lipinski definition) is 2. The van der Waals surface area contributed by atoms with Crippen LogP contribution in [0.15, 0.2) is 29.6 Å². The lowest BCUT2D eigenvalue weighted by atomic mass is 9.90. The molecular formula is C14H15Cl2NS. The van der Waals surface area contributed by atoms with Gasteiger partial charge in [-0.05, 0) is 47.5 Å². The van der Waals surface area contributed by atoms with Gasteiger partial charge in [-0.2, -0.15) is 0 Å². The molecule has 1 atom stereocenters. The zero-order valence-electron chi connectivity index (χ0n) is 10.1. The molecule has 0 unspecified atom stereocenters. The highest BCUT2D eigenvalue weighted by atomic mass is 35.5. The molecule has 0 amide bonds. The molecule has 4 heteroatoms. The SMILES string of the molecule is Cc1sccc1[C@@H]1NCCc2c(Cl)cccc21.Cl. The lowest BCUT2D eigenvalue weighted by molar-refractivity contribution is 0.567. The average Bonchev–Trinajstić information content (AvgIpc) is 2.75. The van der Waals surface area contributed by atoms with E-state index in [0.717, 1.165) is 18.0 Å². The zero-order valence-corrected chi connectivity index (χ0v) is 12.5. The fraction of sp³-hybridized carbons (Fsp3) is 0.286. The predicted molar refractivity (Wildman–Crippen MR) is 81.3 cm³/mol. The fourth-order valence-corrected chi connectivity index (χ4v) is 3.55. The Morgan fingerprint density at radius 2 is 2.11 bits per heavy atom. The molecule has 96 valence electrons. The monoisotopic (exact) mass is 299 g/mol. The highest BCUT2D eigenvalue weighted by Gasteiger charge is 2.24. The van der Waals surface area contributed by atoms with Crippen molar-refractivity contribution in [3.63, 3.8) is 0 Å². The van der Waals surface area contributed by atoms with E-state index in [4.69, 9.17) is 11.6 Å². The molecule has 2 aromatic rings. The minimum atomic E-state index is 0. The Kier molecular flexibility index (Phi) is 4.33. The van der Waals surface area contributed by atoms with E-state index in [0.29, 0.717) is 6.04 Å². The van der Waals surface area contributed by atoms with Crippen LogP contribution in [0.5, 0.6) is 0 Å². The number of fused-ring (bicyclic) bond motifs is 1. The molecule has 0 saturated carbocycles. The maximum atomic E-state index is 6.28. The summed E-state index contributed by atoms with van der Waals surface area (Å²) in [7, 11) is 0. The van der Waals surface area contributed by atoms with Crippen molar-refractivity contribution in [1.29, 1.82) is 0 Å². The first-order valence-corrected chi connectivity index (χ1v) is 7.08. The number of benzene rings is 1. The van der Waals surface area contributed by atoms with Crippen LogP contribution in [0.2, 0.25) is 5.02 Å². The van der Waals surface area contributed by atoms with Gasteiger partial charge in [0.1, 0.15) is 0 Å². The summed E-state index contributed by atoms with van der Waals surface area (Å²) in [6.45, 7) is 3.18. The summed E-state index contributed by atoms with van der Waals surface area (Å²) >= 11 is 8.09. The van der Waals surface area contributed by atoms with Crippen LogP contribution >= 0.6 is 35.3 Å². The quantitative estimate of drug-likeness (QED) is 0.825. The second-order valence-corrected chi connectivity index (χ2v) is 5.90. The minimum Gasteiger partial charge on any atom is -0.306 e. The third-order valence-corrected chi connectivity index (χ3v) is 4.62. The summed E-state index contributed by atoms with van der Waals surface area (Å²) in [6.07, 6.45) is 1.02. The number of thiophene rings is 1. The van der Waals surface area contributed by atoms with Gasteiger partial charge in [-0.25, -0.2) is 0 Å². The summed E-state index contributed by atoms with van der Waals surface area (Å²) < 4.78 is 0. The van der Waals surface area contributed by atoms with Crippen molar-refractivity contribution in [2.45, 2.75) is 19.4 Å². The molecule has 1 aromatic carbocycles. The van der Waals surface area contributed by atoms with Gasteiger partial charge in [0.15, 0.2) is 0 Å². The molecular weight excluding hydrogens is 285 g/mol. The highest BCUT2D eigenvalue weighted by molar-refractivity contribution is 7.10. The Bertz CT molecular complexity index is 550. The Hall–Kier alpha value is -0.540. The average molecular weight is 300 g/mol. The summed E-state index contributed by atoms with van der Waals surface area (Å²) in [6, 6.07) is 8.75. The molecule has 1 N–H and O–H groups in total. The van der Waals surface area contributed by atoms with Crippen LogP contribution in [-0.4, -0.2) is 6.54 Å².